The van der Waals surface area contributed by atoms with Crippen LogP contribution in [0.5, 0.6) is 0 Å². The molecule has 0 radical (unpaired) electrons. The number of rotatable bonds is 2. The lowest BCUT2D eigenvalue weighted by molar-refractivity contribution is -0.139. The number of hydrogen-bond acceptors (Lipinski definition) is 2. The van der Waals surface area contributed by atoms with E-state index >= 15 is 0 Å². The van der Waals surface area contributed by atoms with Gasteiger partial charge < -0.3 is 10.6 Å². The zero-order chi connectivity index (χ0) is 13.0. The molecular weight excluding hydrogens is 224 g/mol. The summed E-state index contributed by atoms with van der Waals surface area (Å²) in [6.45, 7) is 3.20. The molecule has 104 valence electrons. The van der Waals surface area contributed by atoms with Crippen LogP contribution in [0.2, 0.25) is 0 Å². The third kappa shape index (κ3) is 3.25. The maximum atomic E-state index is 12.7. The van der Waals surface area contributed by atoms with Gasteiger partial charge in [-0.3, -0.25) is 4.79 Å². The van der Waals surface area contributed by atoms with E-state index in [1.807, 2.05) is 0 Å². The molecule has 2 N–H and O–H groups in total. The molecule has 1 unspecified atom stereocenters. The smallest absolute Gasteiger partial charge is 0.225 e. The van der Waals surface area contributed by atoms with Gasteiger partial charge in [-0.25, -0.2) is 0 Å². The Balaban J connectivity index is 1.96. The zero-order valence-corrected chi connectivity index (χ0v) is 11.7. The predicted octanol–water partition coefficient (Wildman–Crippen LogP) is 2.69. The van der Waals surface area contributed by atoms with Gasteiger partial charge in [0.05, 0.1) is 0 Å². The van der Waals surface area contributed by atoms with E-state index < -0.39 is 0 Å². The minimum Gasteiger partial charge on any atom is -0.339 e. The van der Waals surface area contributed by atoms with Gasteiger partial charge in [-0.1, -0.05) is 19.8 Å². The van der Waals surface area contributed by atoms with E-state index in [0.717, 1.165) is 38.6 Å². The van der Waals surface area contributed by atoms with Crippen molar-refractivity contribution in [2.45, 2.75) is 76.8 Å². The molecule has 1 atom stereocenters. The Bertz CT molecular complexity index is 272. The van der Waals surface area contributed by atoms with Crippen molar-refractivity contribution in [2.75, 3.05) is 6.54 Å². The lowest BCUT2D eigenvalue weighted by Crippen LogP contribution is -2.44. The van der Waals surface area contributed by atoms with E-state index in [0.29, 0.717) is 18.0 Å². The van der Waals surface area contributed by atoms with E-state index in [1.165, 1.54) is 25.7 Å². The summed E-state index contributed by atoms with van der Waals surface area (Å²) in [6.07, 6.45) is 10.1. The Kier molecular flexibility index (Phi) is 5.04. The van der Waals surface area contributed by atoms with Crippen molar-refractivity contribution in [3.8, 4) is 0 Å². The van der Waals surface area contributed by atoms with Gasteiger partial charge in [0.15, 0.2) is 0 Å². The minimum absolute atomic E-state index is 0.261. The third-order valence-corrected chi connectivity index (χ3v) is 4.75. The Morgan fingerprint density at radius 2 is 1.83 bits per heavy atom. The summed E-state index contributed by atoms with van der Waals surface area (Å²) in [5.74, 6) is 0.688. The first-order valence-electron chi connectivity index (χ1n) is 7.78. The molecule has 3 heteroatoms. The molecular formula is C15H28N2O. The van der Waals surface area contributed by atoms with Gasteiger partial charge in [0.2, 0.25) is 5.91 Å². The van der Waals surface area contributed by atoms with Gasteiger partial charge in [-0.2, -0.15) is 0 Å². The summed E-state index contributed by atoms with van der Waals surface area (Å²) in [7, 11) is 0. The van der Waals surface area contributed by atoms with Crippen LogP contribution >= 0.6 is 0 Å². The van der Waals surface area contributed by atoms with Crippen molar-refractivity contribution < 1.29 is 4.79 Å². The fraction of sp³-hybridized carbons (Fsp3) is 0.933. The van der Waals surface area contributed by atoms with Crippen LogP contribution in [0.4, 0.5) is 0 Å². The fourth-order valence-electron chi connectivity index (χ4n) is 3.49. The standard InChI is InChI=1S/C15H28N2O/c1-2-14-6-4-3-5-11-17(14)15(18)12-7-9-13(16)10-8-12/h12-14H,2-11,16H2,1H3. The van der Waals surface area contributed by atoms with Crippen molar-refractivity contribution in [1.82, 2.24) is 4.90 Å². The van der Waals surface area contributed by atoms with Crippen molar-refractivity contribution in [2.24, 2.45) is 11.7 Å². The molecule has 0 bridgehead atoms. The van der Waals surface area contributed by atoms with Gasteiger partial charge in [0.25, 0.3) is 0 Å². The molecule has 1 aliphatic heterocycles. The molecule has 1 saturated carbocycles. The first-order valence-corrected chi connectivity index (χ1v) is 7.78. The largest absolute Gasteiger partial charge is 0.339 e. The number of likely N-dealkylation sites (tertiary alicyclic amines) is 1. The van der Waals surface area contributed by atoms with Crippen molar-refractivity contribution in [3.63, 3.8) is 0 Å². The van der Waals surface area contributed by atoms with Crippen LogP contribution in [0, 0.1) is 5.92 Å². The molecule has 2 rings (SSSR count). The predicted molar refractivity (Wildman–Crippen MR) is 74.2 cm³/mol. The minimum atomic E-state index is 0.261. The summed E-state index contributed by atoms with van der Waals surface area (Å²) in [4.78, 5) is 14.9. The van der Waals surface area contributed by atoms with Gasteiger partial charge in [-0.05, 0) is 44.9 Å². The van der Waals surface area contributed by atoms with Crippen molar-refractivity contribution >= 4 is 5.91 Å². The molecule has 3 nitrogen and oxygen atoms in total. The summed E-state index contributed by atoms with van der Waals surface area (Å²) in [5.41, 5.74) is 5.93. The SMILES string of the molecule is CCC1CCCCCN1C(=O)C1CCC(N)CC1. The average molecular weight is 252 g/mol. The third-order valence-electron chi connectivity index (χ3n) is 4.75. The summed E-state index contributed by atoms with van der Waals surface area (Å²) in [5, 5.41) is 0. The van der Waals surface area contributed by atoms with E-state index in [9.17, 15) is 4.79 Å². The van der Waals surface area contributed by atoms with Crippen LogP contribution in [-0.4, -0.2) is 29.4 Å². The van der Waals surface area contributed by atoms with Crippen LogP contribution in [0.3, 0.4) is 0 Å². The van der Waals surface area contributed by atoms with Crippen molar-refractivity contribution in [1.29, 1.82) is 0 Å². The molecule has 0 spiro atoms. The summed E-state index contributed by atoms with van der Waals surface area (Å²) >= 11 is 0. The number of carbonyl (C=O) groups is 1. The highest BCUT2D eigenvalue weighted by molar-refractivity contribution is 5.79. The molecule has 1 heterocycles. The second-order valence-electron chi connectivity index (χ2n) is 6.05. The fourth-order valence-corrected chi connectivity index (χ4v) is 3.49. The highest BCUT2D eigenvalue weighted by Crippen LogP contribution is 2.28. The number of carbonyl (C=O) groups excluding carboxylic acids is 1. The molecule has 2 fully saturated rings. The Morgan fingerprint density at radius 3 is 2.50 bits per heavy atom. The molecule has 1 amide bonds. The zero-order valence-electron chi connectivity index (χ0n) is 11.7. The molecule has 18 heavy (non-hydrogen) atoms. The lowest BCUT2D eigenvalue weighted by Gasteiger charge is -2.35. The van der Waals surface area contributed by atoms with Gasteiger partial charge in [0, 0.05) is 24.5 Å². The molecule has 0 aromatic rings. The van der Waals surface area contributed by atoms with E-state index in [1.54, 1.807) is 0 Å². The first-order chi connectivity index (χ1) is 8.72. The second kappa shape index (κ2) is 6.55. The van der Waals surface area contributed by atoms with Crippen LogP contribution in [0.15, 0.2) is 0 Å². The van der Waals surface area contributed by atoms with Gasteiger partial charge >= 0.3 is 0 Å². The summed E-state index contributed by atoms with van der Waals surface area (Å²) < 4.78 is 0. The van der Waals surface area contributed by atoms with Crippen LogP contribution in [0.1, 0.15) is 64.7 Å². The van der Waals surface area contributed by atoms with Crippen LogP contribution in [-0.2, 0) is 4.79 Å². The molecule has 2 aliphatic rings. The van der Waals surface area contributed by atoms with E-state index in [2.05, 4.69) is 11.8 Å². The van der Waals surface area contributed by atoms with Crippen LogP contribution in [0.25, 0.3) is 0 Å². The molecule has 1 saturated heterocycles. The maximum Gasteiger partial charge on any atom is 0.225 e. The first kappa shape index (κ1) is 13.9. The average Bonchev–Trinajstić information content (AvgIpc) is 2.63. The Labute approximate surface area is 111 Å². The lowest BCUT2D eigenvalue weighted by atomic mass is 9.85. The summed E-state index contributed by atoms with van der Waals surface area (Å²) in [6, 6.07) is 0.829. The number of amides is 1. The Morgan fingerprint density at radius 1 is 1.11 bits per heavy atom. The molecule has 0 aromatic heterocycles. The van der Waals surface area contributed by atoms with E-state index in [-0.39, 0.29) is 5.92 Å². The van der Waals surface area contributed by atoms with Gasteiger partial charge in [-0.15, -0.1) is 0 Å². The normalized spacial score (nSPS) is 34.1. The van der Waals surface area contributed by atoms with Crippen LogP contribution < -0.4 is 5.73 Å². The second-order valence-corrected chi connectivity index (χ2v) is 6.05. The topological polar surface area (TPSA) is 46.3 Å². The highest BCUT2D eigenvalue weighted by atomic mass is 16.2. The number of nitrogens with two attached hydrogens (primary N) is 1. The monoisotopic (exact) mass is 252 g/mol. The maximum absolute atomic E-state index is 12.7. The van der Waals surface area contributed by atoms with Gasteiger partial charge in [0.1, 0.15) is 0 Å². The quantitative estimate of drug-likeness (QED) is 0.821. The number of nitrogens with zero attached hydrogens (tertiary/aromatic N) is 1. The number of hydrogen-bond donors (Lipinski definition) is 1. The molecule has 1 aliphatic carbocycles. The molecule has 0 aromatic carbocycles. The Hall–Kier alpha value is -0.570. The van der Waals surface area contributed by atoms with E-state index in [4.69, 9.17) is 5.73 Å². The van der Waals surface area contributed by atoms with Crippen molar-refractivity contribution in [3.05, 3.63) is 0 Å². The highest BCUT2D eigenvalue weighted by Gasteiger charge is 2.31.